The largest absolute Gasteiger partial charge is 0.444 e. The van der Waals surface area contributed by atoms with Crippen molar-refractivity contribution < 1.29 is 9.53 Å². The quantitative estimate of drug-likeness (QED) is 0.258. The van der Waals surface area contributed by atoms with Crippen molar-refractivity contribution in [1.29, 1.82) is 0 Å². The summed E-state index contributed by atoms with van der Waals surface area (Å²) in [5, 5.41) is 6.45. The van der Waals surface area contributed by atoms with Crippen LogP contribution in [0.2, 0.25) is 0 Å². The molecule has 2 fully saturated rings. The van der Waals surface area contributed by atoms with Gasteiger partial charge < -0.3 is 25.2 Å². The summed E-state index contributed by atoms with van der Waals surface area (Å²) in [4.78, 5) is 21.1. The van der Waals surface area contributed by atoms with Crippen LogP contribution in [0.15, 0.2) is 4.99 Å². The van der Waals surface area contributed by atoms with Crippen molar-refractivity contribution in [2.45, 2.75) is 65.0 Å². The first-order valence-electron chi connectivity index (χ1n) is 10.4. The minimum atomic E-state index is -0.466. The lowest BCUT2D eigenvalue weighted by Gasteiger charge is -2.31. The summed E-state index contributed by atoms with van der Waals surface area (Å²) in [6.07, 6.45) is 4.39. The number of guanidine groups is 1. The molecule has 2 unspecified atom stereocenters. The number of hydrogen-bond acceptors (Lipinski definition) is 4. The predicted molar refractivity (Wildman–Crippen MR) is 126 cm³/mol. The Morgan fingerprint density at radius 2 is 1.96 bits per heavy atom. The lowest BCUT2D eigenvalue weighted by molar-refractivity contribution is 0.0507. The van der Waals surface area contributed by atoms with E-state index in [2.05, 4.69) is 32.3 Å². The minimum absolute atomic E-state index is 0. The van der Waals surface area contributed by atoms with E-state index in [-0.39, 0.29) is 36.1 Å². The van der Waals surface area contributed by atoms with Gasteiger partial charge in [-0.3, -0.25) is 4.99 Å². The SMILES string of the molecule is CN=C(NCCCN1CCCC(C)C1)N1CCC(NC(=O)OC(C)(C)C)C1.I. The van der Waals surface area contributed by atoms with Gasteiger partial charge in [0.05, 0.1) is 6.04 Å². The van der Waals surface area contributed by atoms with Crippen LogP contribution in [0.4, 0.5) is 4.79 Å². The van der Waals surface area contributed by atoms with Gasteiger partial charge in [0.1, 0.15) is 5.60 Å². The van der Waals surface area contributed by atoms with Crippen molar-refractivity contribution in [2.24, 2.45) is 10.9 Å². The van der Waals surface area contributed by atoms with Crippen molar-refractivity contribution in [3.8, 4) is 0 Å². The second kappa shape index (κ2) is 12.0. The number of aliphatic imine (C=N–C) groups is 1. The maximum absolute atomic E-state index is 11.9. The number of nitrogens with zero attached hydrogens (tertiary/aromatic N) is 3. The maximum atomic E-state index is 11.9. The highest BCUT2D eigenvalue weighted by Gasteiger charge is 2.27. The van der Waals surface area contributed by atoms with Crippen molar-refractivity contribution in [2.75, 3.05) is 46.3 Å². The second-order valence-electron chi connectivity index (χ2n) is 8.95. The molecule has 0 bridgehead atoms. The molecule has 0 aliphatic carbocycles. The molecule has 0 aromatic heterocycles. The van der Waals surface area contributed by atoms with Gasteiger partial charge in [-0.1, -0.05) is 6.92 Å². The summed E-state index contributed by atoms with van der Waals surface area (Å²) in [6, 6.07) is 0.105. The number of rotatable bonds is 5. The molecule has 2 atom stereocenters. The molecule has 8 heteroatoms. The fourth-order valence-electron chi connectivity index (χ4n) is 3.87. The van der Waals surface area contributed by atoms with Crippen LogP contribution < -0.4 is 10.6 Å². The predicted octanol–water partition coefficient (Wildman–Crippen LogP) is 2.90. The average Bonchev–Trinajstić information content (AvgIpc) is 3.01. The number of likely N-dealkylation sites (tertiary alicyclic amines) is 2. The Balaban J connectivity index is 0.00000392. The van der Waals surface area contributed by atoms with E-state index in [1.807, 2.05) is 27.8 Å². The van der Waals surface area contributed by atoms with Crippen LogP contribution in [0, 0.1) is 5.92 Å². The molecule has 0 aromatic carbocycles. The molecule has 2 heterocycles. The lowest BCUT2D eigenvalue weighted by atomic mass is 10.0. The molecule has 2 saturated heterocycles. The molecule has 0 aromatic rings. The van der Waals surface area contributed by atoms with Gasteiger partial charge in [0.2, 0.25) is 0 Å². The summed E-state index contributed by atoms with van der Waals surface area (Å²) in [7, 11) is 1.82. The van der Waals surface area contributed by atoms with E-state index in [4.69, 9.17) is 4.74 Å². The molecule has 28 heavy (non-hydrogen) atoms. The molecule has 2 aliphatic rings. The average molecular weight is 509 g/mol. The molecular formula is C20H40IN5O2. The molecule has 2 N–H and O–H groups in total. The first-order chi connectivity index (χ1) is 12.8. The minimum Gasteiger partial charge on any atom is -0.444 e. The summed E-state index contributed by atoms with van der Waals surface area (Å²) in [5.41, 5.74) is -0.466. The van der Waals surface area contributed by atoms with Gasteiger partial charge in [0, 0.05) is 33.2 Å². The number of halogens is 1. The molecule has 164 valence electrons. The van der Waals surface area contributed by atoms with Crippen LogP contribution in [0.25, 0.3) is 0 Å². The van der Waals surface area contributed by atoms with Crippen LogP contribution in [-0.4, -0.2) is 79.8 Å². The highest BCUT2D eigenvalue weighted by molar-refractivity contribution is 14.0. The van der Waals surface area contributed by atoms with Gasteiger partial charge in [0.25, 0.3) is 0 Å². The highest BCUT2D eigenvalue weighted by Crippen LogP contribution is 2.15. The summed E-state index contributed by atoms with van der Waals surface area (Å²) in [5.74, 6) is 1.76. The van der Waals surface area contributed by atoms with E-state index in [9.17, 15) is 4.79 Å². The van der Waals surface area contributed by atoms with E-state index >= 15 is 0 Å². The molecule has 1 amide bonds. The van der Waals surface area contributed by atoms with E-state index in [1.165, 1.54) is 25.9 Å². The fourth-order valence-corrected chi connectivity index (χ4v) is 3.87. The Morgan fingerprint density at radius 3 is 2.61 bits per heavy atom. The third-order valence-corrected chi connectivity index (χ3v) is 5.10. The summed E-state index contributed by atoms with van der Waals surface area (Å²) in [6.45, 7) is 14.2. The van der Waals surface area contributed by atoms with Crippen LogP contribution in [0.5, 0.6) is 0 Å². The Hall–Kier alpha value is -0.770. The highest BCUT2D eigenvalue weighted by atomic mass is 127. The third-order valence-electron chi connectivity index (χ3n) is 5.10. The van der Waals surface area contributed by atoms with Crippen molar-refractivity contribution in [1.82, 2.24) is 20.4 Å². The van der Waals surface area contributed by atoms with Gasteiger partial charge in [-0.25, -0.2) is 4.79 Å². The Kier molecular flexibility index (Phi) is 10.9. The molecule has 0 radical (unpaired) electrons. The number of alkyl carbamates (subject to hydrolysis) is 1. The van der Waals surface area contributed by atoms with Gasteiger partial charge in [-0.05, 0) is 65.5 Å². The normalized spacial score (nSPS) is 23.9. The number of hydrogen-bond donors (Lipinski definition) is 2. The molecule has 2 rings (SSSR count). The zero-order valence-electron chi connectivity index (χ0n) is 18.3. The number of piperidine rings is 1. The van der Waals surface area contributed by atoms with Gasteiger partial charge in [0.15, 0.2) is 5.96 Å². The number of carbonyl (C=O) groups is 1. The number of amides is 1. The van der Waals surface area contributed by atoms with E-state index in [0.717, 1.165) is 50.9 Å². The second-order valence-corrected chi connectivity index (χ2v) is 8.95. The van der Waals surface area contributed by atoms with Crippen LogP contribution >= 0.6 is 24.0 Å². The Labute approximate surface area is 188 Å². The standard InChI is InChI=1S/C20H39N5O2.HI/c1-16-8-6-11-24(14-16)12-7-10-22-18(21-5)25-13-9-17(15-25)23-19(26)27-20(2,3)4;/h16-17H,6-15H2,1-5H3,(H,21,22)(H,23,26);1H. The van der Waals surface area contributed by atoms with Crippen molar-refractivity contribution in [3.63, 3.8) is 0 Å². The molecule has 7 nitrogen and oxygen atoms in total. The molecule has 2 aliphatic heterocycles. The van der Waals surface area contributed by atoms with E-state index < -0.39 is 5.60 Å². The van der Waals surface area contributed by atoms with Crippen molar-refractivity contribution >= 4 is 36.0 Å². The zero-order chi connectivity index (χ0) is 19.9. The van der Waals surface area contributed by atoms with E-state index in [1.54, 1.807) is 0 Å². The smallest absolute Gasteiger partial charge is 0.407 e. The lowest BCUT2D eigenvalue weighted by Crippen LogP contribution is -2.44. The van der Waals surface area contributed by atoms with E-state index in [0.29, 0.717) is 0 Å². The number of nitrogens with one attached hydrogen (secondary N) is 2. The molecular weight excluding hydrogens is 469 g/mol. The number of carbonyl (C=O) groups excluding carboxylic acids is 1. The third kappa shape index (κ3) is 9.15. The summed E-state index contributed by atoms with van der Waals surface area (Å²) < 4.78 is 5.35. The van der Waals surface area contributed by atoms with Crippen molar-refractivity contribution in [3.05, 3.63) is 0 Å². The van der Waals surface area contributed by atoms with Crippen LogP contribution in [0.3, 0.4) is 0 Å². The topological polar surface area (TPSA) is 69.2 Å². The zero-order valence-corrected chi connectivity index (χ0v) is 20.6. The van der Waals surface area contributed by atoms with Gasteiger partial charge in [-0.15, -0.1) is 24.0 Å². The monoisotopic (exact) mass is 509 g/mol. The van der Waals surface area contributed by atoms with Crippen LogP contribution in [0.1, 0.15) is 53.4 Å². The molecule has 0 saturated carbocycles. The maximum Gasteiger partial charge on any atom is 0.407 e. The Bertz CT molecular complexity index is 509. The molecule has 0 spiro atoms. The number of ether oxygens (including phenoxy) is 1. The first-order valence-corrected chi connectivity index (χ1v) is 10.4. The first kappa shape index (κ1) is 25.3. The summed E-state index contributed by atoms with van der Waals surface area (Å²) >= 11 is 0. The van der Waals surface area contributed by atoms with Gasteiger partial charge >= 0.3 is 6.09 Å². The van der Waals surface area contributed by atoms with Gasteiger partial charge in [-0.2, -0.15) is 0 Å². The van der Waals surface area contributed by atoms with Crippen LogP contribution in [-0.2, 0) is 4.74 Å². The Morgan fingerprint density at radius 1 is 1.21 bits per heavy atom. The fraction of sp³-hybridized carbons (Fsp3) is 0.900.